The Balaban J connectivity index is 1.83. The summed E-state index contributed by atoms with van der Waals surface area (Å²) in [6.07, 6.45) is 0. The number of carbonyl (C=O) groups excluding carboxylic acids is 1. The summed E-state index contributed by atoms with van der Waals surface area (Å²) in [5.41, 5.74) is 1.12. The second-order valence-corrected chi connectivity index (χ2v) is 7.50. The lowest BCUT2D eigenvalue weighted by molar-refractivity contribution is 0.0765. The van der Waals surface area contributed by atoms with Crippen molar-refractivity contribution in [1.29, 1.82) is 0 Å². The number of carbonyl (C=O) groups is 1. The summed E-state index contributed by atoms with van der Waals surface area (Å²) in [5, 5.41) is 0.0595. The van der Waals surface area contributed by atoms with E-state index in [1.54, 1.807) is 31.0 Å². The molecule has 1 unspecified atom stereocenters. The Morgan fingerprint density at radius 1 is 1.29 bits per heavy atom. The zero-order valence-corrected chi connectivity index (χ0v) is 13.8. The van der Waals surface area contributed by atoms with Gasteiger partial charge in [0.2, 0.25) is 0 Å². The van der Waals surface area contributed by atoms with Gasteiger partial charge >= 0.3 is 0 Å². The molecular formula is C15H14ClNO2S2. The van der Waals surface area contributed by atoms with Gasteiger partial charge in [0.25, 0.3) is 5.91 Å². The molecule has 21 heavy (non-hydrogen) atoms. The topological polar surface area (TPSA) is 29.5 Å². The molecule has 0 aliphatic carbocycles. The van der Waals surface area contributed by atoms with Crippen LogP contribution in [0.5, 0.6) is 5.75 Å². The van der Waals surface area contributed by atoms with Gasteiger partial charge in [0.15, 0.2) is 0 Å². The van der Waals surface area contributed by atoms with Crippen LogP contribution in [-0.2, 0) is 0 Å². The quantitative estimate of drug-likeness (QED) is 0.835. The lowest BCUT2D eigenvalue weighted by atomic mass is 10.2. The van der Waals surface area contributed by atoms with Gasteiger partial charge in [-0.1, -0.05) is 23.7 Å². The number of hydrogen-bond donors (Lipinski definition) is 0. The molecule has 1 aromatic heterocycles. The van der Waals surface area contributed by atoms with Gasteiger partial charge in [0.1, 0.15) is 11.1 Å². The van der Waals surface area contributed by atoms with Gasteiger partial charge in [-0.25, -0.2) is 0 Å². The van der Waals surface area contributed by atoms with Crippen LogP contribution in [0.15, 0.2) is 36.4 Å². The van der Waals surface area contributed by atoms with Crippen molar-refractivity contribution in [2.24, 2.45) is 0 Å². The minimum absolute atomic E-state index is 0.0534. The predicted octanol–water partition coefficient (Wildman–Crippen LogP) is 4.30. The highest BCUT2D eigenvalue weighted by molar-refractivity contribution is 7.99. The number of ether oxygens (including phenoxy) is 1. The van der Waals surface area contributed by atoms with Crippen molar-refractivity contribution in [3.8, 4) is 5.75 Å². The van der Waals surface area contributed by atoms with Crippen molar-refractivity contribution in [3.05, 3.63) is 51.2 Å². The SMILES string of the molecule is COc1ccc(C2SCCN2C(=O)c2ccc(Cl)s2)cc1. The summed E-state index contributed by atoms with van der Waals surface area (Å²) in [6, 6.07) is 11.5. The second kappa shape index (κ2) is 6.30. The first-order valence-electron chi connectivity index (χ1n) is 6.51. The third-order valence-corrected chi connectivity index (χ3v) is 5.82. The number of halogens is 1. The summed E-state index contributed by atoms with van der Waals surface area (Å²) in [6.45, 7) is 0.760. The maximum Gasteiger partial charge on any atom is 0.265 e. The molecule has 3 rings (SSSR count). The van der Waals surface area contributed by atoms with Crippen molar-refractivity contribution in [2.45, 2.75) is 5.37 Å². The second-order valence-electron chi connectivity index (χ2n) is 4.60. The molecule has 6 heteroatoms. The first-order chi connectivity index (χ1) is 10.2. The van der Waals surface area contributed by atoms with Crippen LogP contribution in [0.2, 0.25) is 4.34 Å². The molecule has 0 radical (unpaired) electrons. The van der Waals surface area contributed by atoms with E-state index in [-0.39, 0.29) is 11.3 Å². The molecule has 1 atom stereocenters. The molecule has 0 N–H and O–H groups in total. The Bertz CT molecular complexity index is 641. The maximum atomic E-state index is 12.6. The van der Waals surface area contributed by atoms with Crippen LogP contribution >= 0.6 is 34.7 Å². The molecule has 1 fully saturated rings. The number of nitrogens with zero attached hydrogens (tertiary/aromatic N) is 1. The van der Waals surface area contributed by atoms with Crippen molar-refractivity contribution in [3.63, 3.8) is 0 Å². The van der Waals surface area contributed by atoms with E-state index in [0.29, 0.717) is 9.21 Å². The summed E-state index contributed by atoms with van der Waals surface area (Å²) >= 11 is 9.04. The van der Waals surface area contributed by atoms with Crippen molar-refractivity contribution >= 4 is 40.6 Å². The molecule has 2 heterocycles. The average molecular weight is 340 g/mol. The normalized spacial score (nSPS) is 18.0. The van der Waals surface area contributed by atoms with E-state index in [1.165, 1.54) is 11.3 Å². The number of benzene rings is 1. The molecule has 1 saturated heterocycles. The summed E-state index contributed by atoms with van der Waals surface area (Å²) < 4.78 is 5.82. The van der Waals surface area contributed by atoms with Gasteiger partial charge in [-0.05, 0) is 29.8 Å². The molecule has 1 aromatic carbocycles. The van der Waals surface area contributed by atoms with Crippen LogP contribution in [0.4, 0.5) is 0 Å². The Morgan fingerprint density at radius 2 is 2.05 bits per heavy atom. The monoisotopic (exact) mass is 339 g/mol. The molecule has 1 aliphatic rings. The zero-order chi connectivity index (χ0) is 14.8. The summed E-state index contributed by atoms with van der Waals surface area (Å²) in [7, 11) is 1.65. The van der Waals surface area contributed by atoms with Crippen LogP contribution in [0.1, 0.15) is 20.6 Å². The molecule has 110 valence electrons. The van der Waals surface area contributed by atoms with E-state index in [9.17, 15) is 4.79 Å². The number of methoxy groups -OCH3 is 1. The molecule has 1 amide bonds. The highest BCUT2D eigenvalue weighted by Gasteiger charge is 2.31. The number of amides is 1. The lowest BCUT2D eigenvalue weighted by Gasteiger charge is -2.23. The van der Waals surface area contributed by atoms with E-state index in [4.69, 9.17) is 16.3 Å². The minimum Gasteiger partial charge on any atom is -0.497 e. The predicted molar refractivity (Wildman–Crippen MR) is 88.6 cm³/mol. The number of thiophene rings is 1. The van der Waals surface area contributed by atoms with Crippen molar-refractivity contribution < 1.29 is 9.53 Å². The molecule has 0 bridgehead atoms. The van der Waals surface area contributed by atoms with Crippen LogP contribution in [0.3, 0.4) is 0 Å². The average Bonchev–Trinajstić information content (AvgIpc) is 3.15. The standard InChI is InChI=1S/C15H14ClNO2S2/c1-19-11-4-2-10(3-5-11)15-17(8-9-20-15)14(18)12-6-7-13(16)21-12/h2-7,15H,8-9H2,1H3. The van der Waals surface area contributed by atoms with E-state index < -0.39 is 0 Å². The number of rotatable bonds is 3. The summed E-state index contributed by atoms with van der Waals surface area (Å²) in [5.74, 6) is 1.82. The molecule has 0 spiro atoms. The van der Waals surface area contributed by atoms with Crippen molar-refractivity contribution in [1.82, 2.24) is 4.90 Å². The largest absolute Gasteiger partial charge is 0.497 e. The molecule has 2 aromatic rings. The van der Waals surface area contributed by atoms with Gasteiger partial charge in [0, 0.05) is 12.3 Å². The fourth-order valence-electron chi connectivity index (χ4n) is 2.29. The highest BCUT2D eigenvalue weighted by Crippen LogP contribution is 2.40. The smallest absolute Gasteiger partial charge is 0.265 e. The highest BCUT2D eigenvalue weighted by atomic mass is 35.5. The van der Waals surface area contributed by atoms with Gasteiger partial charge < -0.3 is 9.64 Å². The van der Waals surface area contributed by atoms with Gasteiger partial charge in [0.05, 0.1) is 16.3 Å². The lowest BCUT2D eigenvalue weighted by Crippen LogP contribution is -2.29. The Hall–Kier alpha value is -1.17. The first-order valence-corrected chi connectivity index (χ1v) is 8.75. The Kier molecular flexibility index (Phi) is 4.42. The summed E-state index contributed by atoms with van der Waals surface area (Å²) in [4.78, 5) is 15.2. The fraction of sp³-hybridized carbons (Fsp3) is 0.267. The third kappa shape index (κ3) is 3.05. The molecule has 0 saturated carbocycles. The van der Waals surface area contributed by atoms with E-state index in [2.05, 4.69) is 0 Å². The minimum atomic E-state index is 0.0534. The van der Waals surface area contributed by atoms with E-state index in [1.807, 2.05) is 29.2 Å². The maximum absolute atomic E-state index is 12.6. The third-order valence-electron chi connectivity index (χ3n) is 3.34. The Labute approximate surface area is 136 Å². The van der Waals surface area contributed by atoms with Crippen LogP contribution in [0, 0.1) is 0 Å². The van der Waals surface area contributed by atoms with Gasteiger partial charge in [-0.3, -0.25) is 4.79 Å². The fourth-order valence-corrected chi connectivity index (χ4v) is 4.55. The molecular weight excluding hydrogens is 326 g/mol. The van der Waals surface area contributed by atoms with E-state index >= 15 is 0 Å². The first kappa shape index (κ1) is 14.8. The van der Waals surface area contributed by atoms with Crippen LogP contribution in [-0.4, -0.2) is 30.2 Å². The zero-order valence-electron chi connectivity index (χ0n) is 11.4. The Morgan fingerprint density at radius 3 is 2.67 bits per heavy atom. The number of thioether (sulfide) groups is 1. The molecule has 3 nitrogen and oxygen atoms in total. The van der Waals surface area contributed by atoms with E-state index in [0.717, 1.165) is 23.6 Å². The van der Waals surface area contributed by atoms with Crippen LogP contribution < -0.4 is 4.74 Å². The molecule has 1 aliphatic heterocycles. The number of hydrogen-bond acceptors (Lipinski definition) is 4. The van der Waals surface area contributed by atoms with Gasteiger partial charge in [-0.15, -0.1) is 23.1 Å². The van der Waals surface area contributed by atoms with Crippen LogP contribution in [0.25, 0.3) is 0 Å². The van der Waals surface area contributed by atoms with Gasteiger partial charge in [-0.2, -0.15) is 0 Å². The van der Waals surface area contributed by atoms with Crippen molar-refractivity contribution in [2.75, 3.05) is 19.4 Å².